The van der Waals surface area contributed by atoms with Crippen LogP contribution >= 0.6 is 0 Å². The predicted molar refractivity (Wildman–Crippen MR) is 91.0 cm³/mol. The summed E-state index contributed by atoms with van der Waals surface area (Å²) in [6.07, 6.45) is 2.58. The lowest BCUT2D eigenvalue weighted by Crippen LogP contribution is -2.50. The monoisotopic (exact) mass is 337 g/mol. The molecule has 1 aromatic rings. The lowest BCUT2D eigenvalue weighted by atomic mass is 10.1. The molecule has 1 fully saturated rings. The van der Waals surface area contributed by atoms with Crippen molar-refractivity contribution in [1.82, 2.24) is 14.8 Å². The van der Waals surface area contributed by atoms with Gasteiger partial charge in [-0.2, -0.15) is 0 Å². The van der Waals surface area contributed by atoms with Gasteiger partial charge in [0.15, 0.2) is 0 Å². The van der Waals surface area contributed by atoms with Crippen LogP contribution in [0.15, 0.2) is 29.2 Å². The van der Waals surface area contributed by atoms with E-state index < -0.39 is 0 Å². The van der Waals surface area contributed by atoms with E-state index in [0.29, 0.717) is 26.4 Å². The highest BCUT2D eigenvalue weighted by Crippen LogP contribution is 2.12. The topological polar surface area (TPSA) is 72.8 Å². The number of pyridine rings is 1. The van der Waals surface area contributed by atoms with Gasteiger partial charge in [0.1, 0.15) is 6.10 Å². The molecular formula is C17H27N3O4. The van der Waals surface area contributed by atoms with Gasteiger partial charge < -0.3 is 24.3 Å². The third kappa shape index (κ3) is 6.07. The van der Waals surface area contributed by atoms with Crippen LogP contribution in [0.3, 0.4) is 0 Å². The second-order valence-electron chi connectivity index (χ2n) is 6.23. The molecule has 0 unspecified atom stereocenters. The van der Waals surface area contributed by atoms with Crippen LogP contribution < -0.4 is 10.9 Å². The average molecular weight is 337 g/mol. The Morgan fingerprint density at radius 2 is 2.29 bits per heavy atom. The average Bonchev–Trinajstić information content (AvgIpc) is 2.55. The van der Waals surface area contributed by atoms with Crippen molar-refractivity contribution >= 4 is 5.91 Å². The van der Waals surface area contributed by atoms with Crippen molar-refractivity contribution < 1.29 is 14.3 Å². The highest BCUT2D eigenvalue weighted by molar-refractivity contribution is 5.76. The largest absolute Gasteiger partial charge is 0.379 e. The number of rotatable bonds is 8. The molecule has 2 heterocycles. The fraction of sp³-hybridized carbons (Fsp3) is 0.647. The summed E-state index contributed by atoms with van der Waals surface area (Å²) < 4.78 is 12.9. The minimum Gasteiger partial charge on any atom is -0.379 e. The van der Waals surface area contributed by atoms with E-state index in [4.69, 9.17) is 9.47 Å². The quantitative estimate of drug-likeness (QED) is 0.728. The molecule has 7 nitrogen and oxygen atoms in total. The van der Waals surface area contributed by atoms with Crippen molar-refractivity contribution in [2.75, 3.05) is 40.5 Å². The van der Waals surface area contributed by atoms with Crippen LogP contribution in [0, 0.1) is 0 Å². The number of aryl methyl sites for hydroxylation is 1. The lowest BCUT2D eigenvalue weighted by molar-refractivity contribution is -0.126. The van der Waals surface area contributed by atoms with Crippen LogP contribution in [0.1, 0.15) is 12.8 Å². The van der Waals surface area contributed by atoms with E-state index >= 15 is 0 Å². The summed E-state index contributed by atoms with van der Waals surface area (Å²) in [5, 5.41) is 3.02. The molecule has 0 aliphatic carbocycles. The van der Waals surface area contributed by atoms with Gasteiger partial charge in [-0.25, -0.2) is 0 Å². The van der Waals surface area contributed by atoms with Crippen molar-refractivity contribution in [1.29, 1.82) is 0 Å². The zero-order valence-corrected chi connectivity index (χ0v) is 14.4. The number of hydrogen-bond acceptors (Lipinski definition) is 5. The number of aromatic nitrogens is 1. The highest BCUT2D eigenvalue weighted by atomic mass is 16.5. The minimum absolute atomic E-state index is 0.0408. The molecule has 0 spiro atoms. The Balaban J connectivity index is 1.79. The number of carbonyl (C=O) groups excluding carboxylic acids is 1. The molecule has 1 aromatic heterocycles. The smallest absolute Gasteiger partial charge is 0.250 e. The summed E-state index contributed by atoms with van der Waals surface area (Å²) in [6.45, 7) is 2.93. The van der Waals surface area contributed by atoms with Crippen molar-refractivity contribution in [2.24, 2.45) is 0 Å². The van der Waals surface area contributed by atoms with Crippen molar-refractivity contribution in [3.8, 4) is 0 Å². The number of nitrogens with one attached hydrogen (secondary N) is 1. The van der Waals surface area contributed by atoms with Crippen molar-refractivity contribution in [3.63, 3.8) is 0 Å². The standard InChI is InChI=1S/C17H27N3O4/c1-19(2)10-12-24-15-13-23-11-7-14(15)18-16(21)6-9-20-8-4-3-5-17(20)22/h3-5,8,14-15H,6-7,9-13H2,1-2H3,(H,18,21)/t14-,15-/m1/s1. The molecular weight excluding hydrogens is 310 g/mol. The SMILES string of the molecule is CN(C)CCO[C@@H]1COCC[C@H]1NC(=O)CCn1ccccc1=O. The van der Waals surface area contributed by atoms with Gasteiger partial charge in [0, 0.05) is 38.4 Å². The minimum atomic E-state index is -0.123. The van der Waals surface area contributed by atoms with E-state index in [1.54, 1.807) is 18.3 Å². The van der Waals surface area contributed by atoms with E-state index in [-0.39, 0.29) is 30.0 Å². The van der Waals surface area contributed by atoms with E-state index in [0.717, 1.165) is 13.0 Å². The summed E-state index contributed by atoms with van der Waals surface area (Å²) in [5.74, 6) is -0.0705. The number of likely N-dealkylation sites (N-methyl/N-ethyl adjacent to an activating group) is 1. The van der Waals surface area contributed by atoms with Gasteiger partial charge in [0.25, 0.3) is 5.56 Å². The fourth-order valence-corrected chi connectivity index (χ4v) is 2.57. The number of carbonyl (C=O) groups is 1. The van der Waals surface area contributed by atoms with Gasteiger partial charge in [-0.3, -0.25) is 9.59 Å². The molecule has 1 aliphatic rings. The van der Waals surface area contributed by atoms with Gasteiger partial charge in [0.2, 0.25) is 5.91 Å². The molecule has 0 radical (unpaired) electrons. The first-order chi connectivity index (χ1) is 11.6. The van der Waals surface area contributed by atoms with Crippen LogP contribution in [0.5, 0.6) is 0 Å². The van der Waals surface area contributed by atoms with Gasteiger partial charge in [-0.05, 0) is 26.6 Å². The van der Waals surface area contributed by atoms with Gasteiger partial charge in [-0.15, -0.1) is 0 Å². The summed E-state index contributed by atoms with van der Waals surface area (Å²) in [7, 11) is 3.98. The summed E-state index contributed by atoms with van der Waals surface area (Å²) in [5.41, 5.74) is -0.0961. The number of ether oxygens (including phenoxy) is 2. The molecule has 1 saturated heterocycles. The third-order valence-corrected chi connectivity index (χ3v) is 4.00. The zero-order valence-electron chi connectivity index (χ0n) is 14.4. The predicted octanol–water partition coefficient (Wildman–Crippen LogP) is 0.0903. The Kier molecular flexibility index (Phi) is 7.42. The van der Waals surface area contributed by atoms with E-state index in [9.17, 15) is 9.59 Å². The fourth-order valence-electron chi connectivity index (χ4n) is 2.57. The first kappa shape index (κ1) is 18.6. The van der Waals surface area contributed by atoms with E-state index in [2.05, 4.69) is 10.2 Å². The molecule has 1 amide bonds. The van der Waals surface area contributed by atoms with Gasteiger partial charge in [0.05, 0.1) is 19.3 Å². The Bertz CT molecular complexity index is 573. The summed E-state index contributed by atoms with van der Waals surface area (Å²) in [6, 6.07) is 4.93. The summed E-state index contributed by atoms with van der Waals surface area (Å²) in [4.78, 5) is 25.9. The molecule has 1 aliphatic heterocycles. The Morgan fingerprint density at radius 3 is 3.04 bits per heavy atom. The molecule has 134 valence electrons. The molecule has 0 bridgehead atoms. The molecule has 0 saturated carbocycles. The Morgan fingerprint density at radius 1 is 1.46 bits per heavy atom. The highest BCUT2D eigenvalue weighted by Gasteiger charge is 2.27. The van der Waals surface area contributed by atoms with Crippen LogP contribution in [-0.2, 0) is 20.8 Å². The molecule has 7 heteroatoms. The normalized spacial score (nSPS) is 21.0. The number of amides is 1. The van der Waals surface area contributed by atoms with E-state index in [1.165, 1.54) is 10.6 Å². The molecule has 0 aromatic carbocycles. The molecule has 1 N–H and O–H groups in total. The van der Waals surface area contributed by atoms with E-state index in [1.807, 2.05) is 14.1 Å². The maximum absolute atomic E-state index is 12.2. The second-order valence-corrected chi connectivity index (χ2v) is 6.23. The third-order valence-electron chi connectivity index (χ3n) is 4.00. The molecule has 24 heavy (non-hydrogen) atoms. The van der Waals surface area contributed by atoms with Crippen LogP contribution in [-0.4, -0.2) is 68.0 Å². The van der Waals surface area contributed by atoms with Gasteiger partial charge in [-0.1, -0.05) is 6.07 Å². The van der Waals surface area contributed by atoms with Gasteiger partial charge >= 0.3 is 0 Å². The van der Waals surface area contributed by atoms with Crippen LogP contribution in [0.25, 0.3) is 0 Å². The zero-order chi connectivity index (χ0) is 17.4. The van der Waals surface area contributed by atoms with Crippen molar-refractivity contribution in [3.05, 3.63) is 34.7 Å². The second kappa shape index (κ2) is 9.56. The molecule has 2 rings (SSSR count). The first-order valence-corrected chi connectivity index (χ1v) is 8.35. The maximum atomic E-state index is 12.2. The number of nitrogens with zero attached hydrogens (tertiary/aromatic N) is 2. The molecule has 2 atom stereocenters. The Hall–Kier alpha value is -1.70. The van der Waals surface area contributed by atoms with Crippen LogP contribution in [0.4, 0.5) is 0 Å². The first-order valence-electron chi connectivity index (χ1n) is 8.35. The van der Waals surface area contributed by atoms with Crippen LogP contribution in [0.2, 0.25) is 0 Å². The Labute approximate surface area is 142 Å². The maximum Gasteiger partial charge on any atom is 0.250 e. The summed E-state index contributed by atoms with van der Waals surface area (Å²) >= 11 is 0. The van der Waals surface area contributed by atoms with Crippen molar-refractivity contribution in [2.45, 2.75) is 31.5 Å². The lowest BCUT2D eigenvalue weighted by Gasteiger charge is -2.32. The number of hydrogen-bond donors (Lipinski definition) is 1.